The van der Waals surface area contributed by atoms with Crippen molar-refractivity contribution in [2.75, 3.05) is 12.4 Å². The van der Waals surface area contributed by atoms with Gasteiger partial charge in [-0.05, 0) is 17.7 Å². The number of methoxy groups -OCH3 is 1. The molecule has 0 atom stereocenters. The maximum absolute atomic E-state index is 12.3. The van der Waals surface area contributed by atoms with Gasteiger partial charge in [0.1, 0.15) is 10.6 Å². The van der Waals surface area contributed by atoms with E-state index in [-0.39, 0.29) is 5.91 Å². The van der Waals surface area contributed by atoms with Gasteiger partial charge in [0.25, 0.3) is 5.91 Å². The van der Waals surface area contributed by atoms with Crippen LogP contribution < -0.4 is 5.32 Å². The zero-order valence-electron chi connectivity index (χ0n) is 12.9. The molecule has 120 valence electrons. The minimum atomic E-state index is -0.486. The van der Waals surface area contributed by atoms with Gasteiger partial charge in [0.05, 0.1) is 7.11 Å². The largest absolute Gasteiger partial charge is 0.465 e. The molecule has 2 heterocycles. The lowest BCUT2D eigenvalue weighted by Crippen LogP contribution is -2.14. The highest BCUT2D eigenvalue weighted by molar-refractivity contribution is 7.15. The summed E-state index contributed by atoms with van der Waals surface area (Å²) in [5.74, 6) is -0.788. The van der Waals surface area contributed by atoms with Gasteiger partial charge >= 0.3 is 5.97 Å². The highest BCUT2D eigenvalue weighted by Crippen LogP contribution is 2.36. The number of carbonyl (C=O) groups excluding carboxylic acids is 2. The van der Waals surface area contributed by atoms with Gasteiger partial charge in [-0.15, -0.1) is 11.3 Å². The number of nitrogens with zero attached hydrogens (tertiary/aromatic N) is 1. The van der Waals surface area contributed by atoms with E-state index in [4.69, 9.17) is 4.74 Å². The first-order valence-electron chi connectivity index (χ1n) is 7.17. The Morgan fingerprint density at radius 3 is 2.46 bits per heavy atom. The molecule has 3 rings (SSSR count). The average Bonchev–Trinajstić information content (AvgIpc) is 3.06. The fraction of sp³-hybridized carbons (Fsp3) is 0.0556. The van der Waals surface area contributed by atoms with Gasteiger partial charge in [0, 0.05) is 28.9 Å². The number of anilines is 1. The van der Waals surface area contributed by atoms with E-state index >= 15 is 0 Å². The molecule has 1 aromatic carbocycles. The van der Waals surface area contributed by atoms with Crippen LogP contribution in [0.3, 0.4) is 0 Å². The number of aromatic nitrogens is 1. The van der Waals surface area contributed by atoms with Crippen LogP contribution in [0, 0.1) is 0 Å². The van der Waals surface area contributed by atoms with E-state index in [2.05, 4.69) is 10.3 Å². The Balaban J connectivity index is 1.98. The van der Waals surface area contributed by atoms with Crippen molar-refractivity contribution < 1.29 is 14.3 Å². The number of hydrogen-bond acceptors (Lipinski definition) is 5. The number of ether oxygens (including phenoxy) is 1. The quantitative estimate of drug-likeness (QED) is 0.734. The smallest absolute Gasteiger partial charge is 0.341 e. The second kappa shape index (κ2) is 7.06. The van der Waals surface area contributed by atoms with Gasteiger partial charge in [-0.2, -0.15) is 0 Å². The number of amides is 1. The minimum Gasteiger partial charge on any atom is -0.465 e. The van der Waals surface area contributed by atoms with E-state index in [1.54, 1.807) is 24.5 Å². The molecule has 0 spiro atoms. The second-order valence-corrected chi connectivity index (χ2v) is 5.78. The monoisotopic (exact) mass is 338 g/mol. The number of esters is 1. The molecule has 0 saturated carbocycles. The third-order valence-corrected chi connectivity index (χ3v) is 4.33. The first-order valence-corrected chi connectivity index (χ1v) is 8.05. The molecule has 1 N–H and O–H groups in total. The average molecular weight is 338 g/mol. The Kier molecular flexibility index (Phi) is 4.67. The Morgan fingerprint density at radius 1 is 1.08 bits per heavy atom. The Morgan fingerprint density at radius 2 is 1.79 bits per heavy atom. The van der Waals surface area contributed by atoms with E-state index in [0.717, 1.165) is 11.1 Å². The van der Waals surface area contributed by atoms with Crippen LogP contribution in [0.2, 0.25) is 0 Å². The van der Waals surface area contributed by atoms with Crippen molar-refractivity contribution in [3.8, 4) is 11.1 Å². The SMILES string of the molecule is COC(=O)c1c(-c2ccccc2)csc1NC(=O)c1ccncc1. The predicted molar refractivity (Wildman–Crippen MR) is 93.3 cm³/mol. The minimum absolute atomic E-state index is 0.302. The van der Waals surface area contributed by atoms with Gasteiger partial charge in [-0.3, -0.25) is 9.78 Å². The lowest BCUT2D eigenvalue weighted by molar-refractivity contribution is 0.0603. The fourth-order valence-electron chi connectivity index (χ4n) is 2.26. The van der Waals surface area contributed by atoms with E-state index in [0.29, 0.717) is 16.1 Å². The van der Waals surface area contributed by atoms with Crippen LogP contribution in [0.4, 0.5) is 5.00 Å². The van der Waals surface area contributed by atoms with Crippen LogP contribution in [0.25, 0.3) is 11.1 Å². The van der Waals surface area contributed by atoms with E-state index < -0.39 is 5.97 Å². The molecule has 3 aromatic rings. The summed E-state index contributed by atoms with van der Waals surface area (Å²) < 4.78 is 4.89. The maximum Gasteiger partial charge on any atom is 0.341 e. The summed E-state index contributed by atoms with van der Waals surface area (Å²) in [5.41, 5.74) is 2.45. The van der Waals surface area contributed by atoms with Crippen LogP contribution in [-0.2, 0) is 4.74 Å². The molecule has 0 aliphatic carbocycles. The lowest BCUT2D eigenvalue weighted by Gasteiger charge is -2.07. The van der Waals surface area contributed by atoms with Crippen molar-refractivity contribution >= 4 is 28.2 Å². The third-order valence-electron chi connectivity index (χ3n) is 3.43. The number of carbonyl (C=O) groups is 2. The first-order chi connectivity index (χ1) is 11.7. The summed E-state index contributed by atoms with van der Waals surface area (Å²) in [7, 11) is 1.32. The molecule has 24 heavy (non-hydrogen) atoms. The van der Waals surface area contributed by atoms with Gasteiger partial charge < -0.3 is 10.1 Å². The molecule has 5 nitrogen and oxygen atoms in total. The standard InChI is InChI=1S/C18H14N2O3S/c1-23-18(22)15-14(12-5-3-2-4-6-12)11-24-17(15)20-16(21)13-7-9-19-10-8-13/h2-11H,1H3,(H,20,21). The van der Waals surface area contributed by atoms with E-state index in [9.17, 15) is 9.59 Å². The Labute approximate surface area is 142 Å². The summed E-state index contributed by atoms with van der Waals surface area (Å²) in [4.78, 5) is 28.5. The van der Waals surface area contributed by atoms with Gasteiger partial charge in [0.15, 0.2) is 0 Å². The molecule has 1 amide bonds. The van der Waals surface area contributed by atoms with Crippen LogP contribution >= 0.6 is 11.3 Å². The summed E-state index contributed by atoms with van der Waals surface area (Å²) in [5, 5.41) is 5.08. The molecule has 0 aliphatic rings. The van der Waals surface area contributed by atoms with Crippen LogP contribution in [-0.4, -0.2) is 24.0 Å². The van der Waals surface area contributed by atoms with E-state index in [1.807, 2.05) is 35.7 Å². The second-order valence-electron chi connectivity index (χ2n) is 4.90. The molecule has 0 aliphatic heterocycles. The maximum atomic E-state index is 12.3. The first kappa shape index (κ1) is 15.9. The predicted octanol–water partition coefficient (Wildman–Crippen LogP) is 3.85. The summed E-state index contributed by atoms with van der Waals surface area (Å²) in [6, 6.07) is 12.7. The summed E-state index contributed by atoms with van der Waals surface area (Å²) in [6.07, 6.45) is 3.08. The van der Waals surface area contributed by atoms with Gasteiger partial charge in [-0.1, -0.05) is 30.3 Å². The summed E-state index contributed by atoms with van der Waals surface area (Å²) >= 11 is 1.29. The number of pyridine rings is 1. The molecule has 0 fully saturated rings. The normalized spacial score (nSPS) is 10.2. The number of benzene rings is 1. The van der Waals surface area contributed by atoms with Crippen molar-refractivity contribution in [1.82, 2.24) is 4.98 Å². The number of nitrogens with one attached hydrogen (secondary N) is 1. The zero-order chi connectivity index (χ0) is 16.9. The van der Waals surface area contributed by atoms with Crippen molar-refractivity contribution in [2.24, 2.45) is 0 Å². The topological polar surface area (TPSA) is 68.3 Å². The molecular weight excluding hydrogens is 324 g/mol. The van der Waals surface area contributed by atoms with Gasteiger partial charge in [-0.25, -0.2) is 4.79 Å². The fourth-order valence-corrected chi connectivity index (χ4v) is 3.22. The number of hydrogen-bond donors (Lipinski definition) is 1. The Hall–Kier alpha value is -2.99. The number of rotatable bonds is 4. The molecule has 0 unspecified atom stereocenters. The molecular formula is C18H14N2O3S. The van der Waals surface area contributed by atoms with Crippen molar-refractivity contribution in [3.05, 3.63) is 71.4 Å². The van der Waals surface area contributed by atoms with E-state index in [1.165, 1.54) is 18.4 Å². The Bertz CT molecular complexity index is 860. The molecule has 2 aromatic heterocycles. The van der Waals surface area contributed by atoms with Gasteiger partial charge in [0.2, 0.25) is 0 Å². The van der Waals surface area contributed by atoms with Crippen molar-refractivity contribution in [2.45, 2.75) is 0 Å². The van der Waals surface area contributed by atoms with Crippen LogP contribution in [0.5, 0.6) is 0 Å². The number of thiophene rings is 1. The summed E-state index contributed by atoms with van der Waals surface area (Å²) in [6.45, 7) is 0. The molecule has 0 radical (unpaired) electrons. The molecule has 6 heteroatoms. The highest BCUT2D eigenvalue weighted by Gasteiger charge is 2.22. The van der Waals surface area contributed by atoms with Crippen molar-refractivity contribution in [3.63, 3.8) is 0 Å². The lowest BCUT2D eigenvalue weighted by atomic mass is 10.0. The molecule has 0 bridgehead atoms. The van der Waals surface area contributed by atoms with Crippen LogP contribution in [0.15, 0.2) is 60.2 Å². The zero-order valence-corrected chi connectivity index (χ0v) is 13.7. The highest BCUT2D eigenvalue weighted by atomic mass is 32.1. The molecule has 0 saturated heterocycles. The van der Waals surface area contributed by atoms with Crippen molar-refractivity contribution in [1.29, 1.82) is 0 Å². The van der Waals surface area contributed by atoms with Crippen LogP contribution in [0.1, 0.15) is 20.7 Å². The third kappa shape index (κ3) is 3.18.